The number of fused-ring (bicyclic) bond motifs is 1. The van der Waals surface area contributed by atoms with Crippen LogP contribution in [0.15, 0.2) is 18.2 Å². The summed E-state index contributed by atoms with van der Waals surface area (Å²) in [5, 5.41) is 10.7. The minimum Gasteiger partial charge on any atom is -0.480 e. The number of carbonyl (C=O) groups is 2. The van der Waals surface area contributed by atoms with Crippen molar-refractivity contribution < 1.29 is 27.9 Å². The Hall–Kier alpha value is -2.05. The van der Waals surface area contributed by atoms with E-state index in [0.717, 1.165) is 36.8 Å². The minimum atomic E-state index is -4.66. The number of amides is 1. The van der Waals surface area contributed by atoms with Crippen molar-refractivity contribution >= 4 is 11.9 Å². The van der Waals surface area contributed by atoms with Crippen LogP contribution in [0.25, 0.3) is 0 Å². The monoisotopic (exact) mass is 315 g/mol. The summed E-state index contributed by atoms with van der Waals surface area (Å²) in [4.78, 5) is 22.9. The number of carboxylic acids is 1. The Morgan fingerprint density at radius 2 is 1.82 bits per heavy atom. The van der Waals surface area contributed by atoms with Crippen LogP contribution in [-0.2, 0) is 17.6 Å². The first-order valence-corrected chi connectivity index (χ1v) is 6.98. The van der Waals surface area contributed by atoms with E-state index >= 15 is 0 Å². The molecule has 1 atom stereocenters. The van der Waals surface area contributed by atoms with Crippen LogP contribution < -0.4 is 5.32 Å². The molecule has 1 aliphatic carbocycles. The number of benzene rings is 1. The molecule has 4 nitrogen and oxygen atoms in total. The van der Waals surface area contributed by atoms with Gasteiger partial charge in [-0.05, 0) is 48.9 Å². The molecular weight excluding hydrogens is 299 g/mol. The first-order valence-electron chi connectivity index (χ1n) is 6.98. The van der Waals surface area contributed by atoms with E-state index in [1.165, 1.54) is 6.07 Å². The molecule has 0 radical (unpaired) electrons. The Balaban J connectivity index is 2.11. The van der Waals surface area contributed by atoms with E-state index in [-0.39, 0.29) is 5.56 Å². The molecular formula is C15H16F3NO3. The third-order valence-corrected chi connectivity index (χ3v) is 3.65. The lowest BCUT2D eigenvalue weighted by Crippen LogP contribution is -2.43. The number of halogens is 3. The maximum atomic E-state index is 12.3. The molecule has 0 bridgehead atoms. The maximum Gasteiger partial charge on any atom is 0.391 e. The molecule has 2 rings (SSSR count). The fraction of sp³-hybridized carbons (Fsp3) is 0.467. The summed E-state index contributed by atoms with van der Waals surface area (Å²) >= 11 is 0. The van der Waals surface area contributed by atoms with Crippen LogP contribution >= 0.6 is 0 Å². The molecule has 0 aromatic heterocycles. The molecule has 2 N–H and O–H groups in total. The lowest BCUT2D eigenvalue weighted by molar-refractivity contribution is -0.157. The number of rotatable bonds is 4. The summed E-state index contributed by atoms with van der Waals surface area (Å²) in [6.07, 6.45) is -2.44. The van der Waals surface area contributed by atoms with Crippen molar-refractivity contribution in [1.29, 1.82) is 0 Å². The molecule has 1 aliphatic rings. The van der Waals surface area contributed by atoms with Gasteiger partial charge < -0.3 is 10.4 Å². The number of hydrogen-bond acceptors (Lipinski definition) is 2. The Morgan fingerprint density at radius 3 is 2.41 bits per heavy atom. The van der Waals surface area contributed by atoms with E-state index in [2.05, 4.69) is 0 Å². The van der Waals surface area contributed by atoms with Crippen molar-refractivity contribution in [3.63, 3.8) is 0 Å². The molecule has 7 heteroatoms. The van der Waals surface area contributed by atoms with Crippen molar-refractivity contribution in [2.24, 2.45) is 0 Å². The van der Waals surface area contributed by atoms with Gasteiger partial charge in [0.1, 0.15) is 6.04 Å². The zero-order valence-corrected chi connectivity index (χ0v) is 11.7. The van der Waals surface area contributed by atoms with Crippen LogP contribution in [0.5, 0.6) is 0 Å². The summed E-state index contributed by atoms with van der Waals surface area (Å²) < 4.78 is 37.0. The number of alkyl halides is 3. The highest BCUT2D eigenvalue weighted by Gasteiger charge is 2.36. The van der Waals surface area contributed by atoms with Crippen LogP contribution in [0.2, 0.25) is 0 Å². The minimum absolute atomic E-state index is 0.189. The second-order valence-corrected chi connectivity index (χ2v) is 5.37. The van der Waals surface area contributed by atoms with Gasteiger partial charge in [-0.2, -0.15) is 13.2 Å². The number of nitrogens with one attached hydrogen (secondary N) is 1. The second-order valence-electron chi connectivity index (χ2n) is 5.37. The Kier molecular flexibility index (Phi) is 4.73. The molecule has 1 aromatic rings. The second kappa shape index (κ2) is 6.37. The smallest absolute Gasteiger partial charge is 0.391 e. The van der Waals surface area contributed by atoms with E-state index < -0.39 is 30.5 Å². The Morgan fingerprint density at radius 1 is 1.18 bits per heavy atom. The van der Waals surface area contributed by atoms with Gasteiger partial charge in [0, 0.05) is 5.56 Å². The lowest BCUT2D eigenvalue weighted by atomic mass is 9.90. The largest absolute Gasteiger partial charge is 0.480 e. The molecule has 0 aliphatic heterocycles. The van der Waals surface area contributed by atoms with Gasteiger partial charge >= 0.3 is 12.1 Å². The van der Waals surface area contributed by atoms with Crippen molar-refractivity contribution in [3.8, 4) is 0 Å². The zero-order chi connectivity index (χ0) is 16.3. The Bertz CT molecular complexity index is 584. The fourth-order valence-corrected chi connectivity index (χ4v) is 2.55. The molecule has 0 heterocycles. The van der Waals surface area contributed by atoms with Crippen molar-refractivity contribution in [2.75, 3.05) is 0 Å². The molecule has 1 aromatic carbocycles. The van der Waals surface area contributed by atoms with Crippen molar-refractivity contribution in [1.82, 2.24) is 5.32 Å². The SMILES string of the molecule is O=C(N[C@@H](CC(F)(F)F)C(=O)O)c1ccc2c(c1)CCCC2. The predicted molar refractivity (Wildman–Crippen MR) is 72.6 cm³/mol. The van der Waals surface area contributed by atoms with E-state index in [1.807, 2.05) is 5.32 Å². The van der Waals surface area contributed by atoms with E-state index in [4.69, 9.17) is 5.11 Å². The van der Waals surface area contributed by atoms with Crippen LogP contribution in [0.3, 0.4) is 0 Å². The Labute approximate surface area is 125 Å². The van der Waals surface area contributed by atoms with Crippen LogP contribution in [0, 0.1) is 0 Å². The summed E-state index contributed by atoms with van der Waals surface area (Å²) in [6, 6.07) is 2.95. The highest BCUT2D eigenvalue weighted by atomic mass is 19.4. The molecule has 0 saturated heterocycles. The number of hydrogen-bond donors (Lipinski definition) is 2. The number of aryl methyl sites for hydroxylation is 2. The normalized spacial score (nSPS) is 15.8. The number of aliphatic carboxylic acids is 1. The molecule has 0 fully saturated rings. The van der Waals surface area contributed by atoms with Gasteiger partial charge in [0.05, 0.1) is 6.42 Å². The quantitative estimate of drug-likeness (QED) is 0.898. The fourth-order valence-electron chi connectivity index (χ4n) is 2.55. The summed E-state index contributed by atoms with van der Waals surface area (Å²) in [6.45, 7) is 0. The summed E-state index contributed by atoms with van der Waals surface area (Å²) in [7, 11) is 0. The van der Waals surface area contributed by atoms with Crippen LogP contribution in [-0.4, -0.2) is 29.2 Å². The van der Waals surface area contributed by atoms with E-state index in [1.54, 1.807) is 12.1 Å². The van der Waals surface area contributed by atoms with Crippen LogP contribution in [0.4, 0.5) is 13.2 Å². The number of carbonyl (C=O) groups excluding carboxylic acids is 1. The molecule has 120 valence electrons. The first-order chi connectivity index (χ1) is 10.3. The average molecular weight is 315 g/mol. The van der Waals surface area contributed by atoms with Gasteiger partial charge in [0.25, 0.3) is 5.91 Å². The molecule has 1 amide bonds. The van der Waals surface area contributed by atoms with Crippen molar-refractivity contribution in [3.05, 3.63) is 34.9 Å². The molecule has 0 spiro atoms. The topological polar surface area (TPSA) is 66.4 Å². The van der Waals surface area contributed by atoms with Gasteiger partial charge in [0.15, 0.2) is 0 Å². The summed E-state index contributed by atoms with van der Waals surface area (Å²) in [5.74, 6) is -2.51. The van der Waals surface area contributed by atoms with Gasteiger partial charge in [-0.3, -0.25) is 4.79 Å². The van der Waals surface area contributed by atoms with Gasteiger partial charge in [-0.15, -0.1) is 0 Å². The van der Waals surface area contributed by atoms with Gasteiger partial charge in [-0.25, -0.2) is 4.79 Å². The van der Waals surface area contributed by atoms with E-state index in [9.17, 15) is 22.8 Å². The molecule has 22 heavy (non-hydrogen) atoms. The predicted octanol–water partition coefficient (Wildman–Crippen LogP) is 2.70. The van der Waals surface area contributed by atoms with Gasteiger partial charge in [0.2, 0.25) is 0 Å². The van der Waals surface area contributed by atoms with E-state index in [0.29, 0.717) is 0 Å². The average Bonchev–Trinajstić information content (AvgIpc) is 2.44. The standard InChI is InChI=1S/C15H16F3NO3/c16-15(17,18)8-12(14(21)22)19-13(20)11-6-5-9-3-1-2-4-10(9)7-11/h5-7,12H,1-4,8H2,(H,19,20)(H,21,22)/t12-/m0/s1. The van der Waals surface area contributed by atoms with Crippen molar-refractivity contribution in [2.45, 2.75) is 44.3 Å². The third kappa shape index (κ3) is 4.22. The molecule has 0 unspecified atom stereocenters. The molecule has 0 saturated carbocycles. The van der Waals surface area contributed by atoms with Gasteiger partial charge in [-0.1, -0.05) is 6.07 Å². The summed E-state index contributed by atoms with van der Waals surface area (Å²) in [5.41, 5.74) is 2.32. The lowest BCUT2D eigenvalue weighted by Gasteiger charge is -2.18. The number of carboxylic acid groups (broad SMARTS) is 1. The highest BCUT2D eigenvalue weighted by Crippen LogP contribution is 2.24. The highest BCUT2D eigenvalue weighted by molar-refractivity contribution is 5.96. The van der Waals surface area contributed by atoms with Crippen LogP contribution in [0.1, 0.15) is 40.7 Å². The maximum absolute atomic E-state index is 12.3. The first kappa shape index (κ1) is 16.3. The zero-order valence-electron chi connectivity index (χ0n) is 11.7. The third-order valence-electron chi connectivity index (χ3n) is 3.65.